The lowest BCUT2D eigenvalue weighted by Gasteiger charge is -2.23. The molecule has 2 aromatic rings. The molecule has 3 rings (SSSR count). The molecule has 0 bridgehead atoms. The first-order valence-electron chi connectivity index (χ1n) is 10.2. The van der Waals surface area contributed by atoms with Gasteiger partial charge in [-0.2, -0.15) is 5.01 Å². The Bertz CT molecular complexity index is 1020. The third-order valence-corrected chi connectivity index (χ3v) is 5.26. The molecule has 2 N–H and O–H groups in total. The smallest absolute Gasteiger partial charge is 0.322 e. The van der Waals surface area contributed by atoms with Gasteiger partial charge in [0.25, 0.3) is 11.8 Å². The van der Waals surface area contributed by atoms with Gasteiger partial charge in [-0.1, -0.05) is 48.4 Å². The van der Waals surface area contributed by atoms with Gasteiger partial charge in [0.2, 0.25) is 0 Å². The van der Waals surface area contributed by atoms with E-state index in [1.54, 1.807) is 24.0 Å². The maximum atomic E-state index is 13.1. The molecule has 0 radical (unpaired) electrons. The van der Waals surface area contributed by atoms with Crippen molar-refractivity contribution in [3.63, 3.8) is 0 Å². The number of carbonyl (C=O) groups is 3. The van der Waals surface area contributed by atoms with Gasteiger partial charge in [0.15, 0.2) is 0 Å². The van der Waals surface area contributed by atoms with E-state index in [4.69, 9.17) is 6.42 Å². The molecule has 1 heterocycles. The SMILES string of the molecule is C#CCN(CC(=O)NN1C(=O)NC(C)(CCc2ccccc2)C1=O)Cc1ccc(F)cc1. The van der Waals surface area contributed by atoms with Crippen LogP contribution in [0.4, 0.5) is 9.18 Å². The van der Waals surface area contributed by atoms with Crippen LogP contribution in [-0.4, -0.2) is 46.4 Å². The van der Waals surface area contributed by atoms with E-state index in [0.29, 0.717) is 19.4 Å². The summed E-state index contributed by atoms with van der Waals surface area (Å²) in [6.45, 7) is 1.98. The molecular formula is C24H25FN4O3. The third-order valence-electron chi connectivity index (χ3n) is 5.26. The van der Waals surface area contributed by atoms with Gasteiger partial charge in [-0.05, 0) is 43.0 Å². The van der Waals surface area contributed by atoms with Crippen LogP contribution >= 0.6 is 0 Å². The zero-order chi connectivity index (χ0) is 23.1. The summed E-state index contributed by atoms with van der Waals surface area (Å²) in [5.41, 5.74) is 3.08. The Hall–Kier alpha value is -3.70. The Balaban J connectivity index is 1.59. The number of carbonyl (C=O) groups excluding carboxylic acids is 3. The lowest BCUT2D eigenvalue weighted by molar-refractivity contribution is -0.139. The normalized spacial score (nSPS) is 17.9. The predicted octanol–water partition coefficient (Wildman–Crippen LogP) is 2.24. The molecule has 1 unspecified atom stereocenters. The van der Waals surface area contributed by atoms with E-state index in [2.05, 4.69) is 16.7 Å². The van der Waals surface area contributed by atoms with Crippen molar-refractivity contribution < 1.29 is 18.8 Å². The first-order valence-corrected chi connectivity index (χ1v) is 10.2. The van der Waals surface area contributed by atoms with Crippen molar-refractivity contribution >= 4 is 17.8 Å². The van der Waals surface area contributed by atoms with Crippen LogP contribution in [0, 0.1) is 18.2 Å². The number of halogens is 1. The molecule has 32 heavy (non-hydrogen) atoms. The number of hydrazine groups is 1. The Labute approximate surface area is 186 Å². The molecule has 166 valence electrons. The highest BCUT2D eigenvalue weighted by molar-refractivity contribution is 6.07. The van der Waals surface area contributed by atoms with Gasteiger partial charge in [-0.15, -0.1) is 6.42 Å². The standard InChI is InChI=1S/C24H25FN4O3/c1-3-15-28(16-19-9-11-20(25)12-10-19)17-21(30)27-29-22(31)24(2,26-23(29)32)14-13-18-7-5-4-6-8-18/h1,4-12H,13-17H2,2H3,(H,26,32)(H,27,30). The fourth-order valence-electron chi connectivity index (χ4n) is 3.50. The van der Waals surface area contributed by atoms with Crippen LogP contribution in [0.3, 0.4) is 0 Å². The first kappa shape index (κ1) is 23.0. The number of hydrogen-bond donors (Lipinski definition) is 2. The number of nitrogens with one attached hydrogen (secondary N) is 2. The second kappa shape index (κ2) is 10.1. The van der Waals surface area contributed by atoms with E-state index in [1.165, 1.54) is 12.1 Å². The maximum absolute atomic E-state index is 13.1. The summed E-state index contributed by atoms with van der Waals surface area (Å²) in [6, 6.07) is 14.8. The van der Waals surface area contributed by atoms with E-state index >= 15 is 0 Å². The molecule has 4 amide bonds. The molecule has 1 saturated heterocycles. The number of benzene rings is 2. The molecule has 2 aromatic carbocycles. The second-order valence-electron chi connectivity index (χ2n) is 7.90. The van der Waals surface area contributed by atoms with Crippen molar-refractivity contribution in [1.29, 1.82) is 0 Å². The predicted molar refractivity (Wildman–Crippen MR) is 117 cm³/mol. The van der Waals surface area contributed by atoms with Gasteiger partial charge >= 0.3 is 6.03 Å². The highest BCUT2D eigenvalue weighted by atomic mass is 19.1. The van der Waals surface area contributed by atoms with Gasteiger partial charge in [-0.25, -0.2) is 9.18 Å². The molecule has 7 nitrogen and oxygen atoms in total. The van der Waals surface area contributed by atoms with E-state index < -0.39 is 23.4 Å². The van der Waals surface area contributed by atoms with E-state index in [0.717, 1.165) is 16.1 Å². The Morgan fingerprint density at radius 2 is 1.84 bits per heavy atom. The molecule has 0 saturated carbocycles. The Morgan fingerprint density at radius 3 is 2.50 bits per heavy atom. The molecule has 8 heteroatoms. The summed E-state index contributed by atoms with van der Waals surface area (Å²) in [4.78, 5) is 39.5. The van der Waals surface area contributed by atoms with Crippen molar-refractivity contribution in [2.45, 2.75) is 31.8 Å². The van der Waals surface area contributed by atoms with Crippen LogP contribution in [0.1, 0.15) is 24.5 Å². The summed E-state index contributed by atoms with van der Waals surface area (Å²) in [5.74, 6) is 1.04. The van der Waals surface area contributed by atoms with Crippen LogP contribution in [-0.2, 0) is 22.6 Å². The minimum atomic E-state index is -1.12. The molecule has 1 atom stereocenters. The Kier molecular flexibility index (Phi) is 7.23. The zero-order valence-electron chi connectivity index (χ0n) is 17.8. The van der Waals surface area contributed by atoms with E-state index in [-0.39, 0.29) is 18.9 Å². The largest absolute Gasteiger partial charge is 0.344 e. The Morgan fingerprint density at radius 1 is 1.16 bits per heavy atom. The van der Waals surface area contributed by atoms with Gasteiger partial charge in [-0.3, -0.25) is 19.9 Å². The minimum Gasteiger partial charge on any atom is -0.322 e. The van der Waals surface area contributed by atoms with Gasteiger partial charge in [0.05, 0.1) is 13.1 Å². The highest BCUT2D eigenvalue weighted by Gasteiger charge is 2.48. The number of terminal acetylenes is 1. The van der Waals surface area contributed by atoms with Crippen molar-refractivity contribution in [1.82, 2.24) is 20.7 Å². The third kappa shape index (κ3) is 5.71. The topological polar surface area (TPSA) is 81.8 Å². The fourth-order valence-corrected chi connectivity index (χ4v) is 3.50. The van der Waals surface area contributed by atoms with Gasteiger partial charge < -0.3 is 5.32 Å². The molecule has 1 aliphatic heterocycles. The van der Waals surface area contributed by atoms with Crippen LogP contribution < -0.4 is 10.7 Å². The first-order chi connectivity index (χ1) is 15.3. The monoisotopic (exact) mass is 436 g/mol. The molecule has 1 aliphatic rings. The summed E-state index contributed by atoms with van der Waals surface area (Å²) in [5, 5.41) is 3.39. The van der Waals surface area contributed by atoms with Crippen LogP contribution in [0.5, 0.6) is 0 Å². The molecule has 0 aliphatic carbocycles. The van der Waals surface area contributed by atoms with Gasteiger partial charge in [0.1, 0.15) is 11.4 Å². The molecule has 0 aromatic heterocycles. The zero-order valence-corrected chi connectivity index (χ0v) is 17.8. The van der Waals surface area contributed by atoms with Crippen LogP contribution in [0.25, 0.3) is 0 Å². The lowest BCUT2D eigenvalue weighted by Crippen LogP contribution is -2.51. The second-order valence-corrected chi connectivity index (χ2v) is 7.90. The van der Waals surface area contributed by atoms with Crippen molar-refractivity contribution in [3.05, 3.63) is 71.5 Å². The number of imide groups is 1. The highest BCUT2D eigenvalue weighted by Crippen LogP contribution is 2.22. The van der Waals surface area contributed by atoms with Crippen LogP contribution in [0.15, 0.2) is 54.6 Å². The lowest BCUT2D eigenvalue weighted by atomic mass is 9.93. The van der Waals surface area contributed by atoms with Crippen molar-refractivity contribution in [2.75, 3.05) is 13.1 Å². The number of rotatable bonds is 9. The molecular weight excluding hydrogens is 411 g/mol. The summed E-state index contributed by atoms with van der Waals surface area (Å²) < 4.78 is 13.1. The summed E-state index contributed by atoms with van der Waals surface area (Å²) in [6.07, 6.45) is 6.38. The van der Waals surface area contributed by atoms with Gasteiger partial charge in [0, 0.05) is 6.54 Å². The van der Waals surface area contributed by atoms with Crippen molar-refractivity contribution in [2.24, 2.45) is 0 Å². The molecule has 0 spiro atoms. The number of aryl methyl sites for hydroxylation is 1. The van der Waals surface area contributed by atoms with E-state index in [1.807, 2.05) is 30.3 Å². The number of amides is 4. The number of hydrogen-bond acceptors (Lipinski definition) is 4. The fraction of sp³-hybridized carbons (Fsp3) is 0.292. The number of urea groups is 1. The summed E-state index contributed by atoms with van der Waals surface area (Å²) in [7, 11) is 0. The minimum absolute atomic E-state index is 0.140. The average molecular weight is 436 g/mol. The number of nitrogens with zero attached hydrogens (tertiary/aromatic N) is 2. The summed E-state index contributed by atoms with van der Waals surface area (Å²) >= 11 is 0. The maximum Gasteiger partial charge on any atom is 0.344 e. The van der Waals surface area contributed by atoms with E-state index in [9.17, 15) is 18.8 Å². The quantitative estimate of drug-likeness (QED) is 0.467. The molecule has 1 fully saturated rings. The van der Waals surface area contributed by atoms with Crippen LogP contribution in [0.2, 0.25) is 0 Å². The average Bonchev–Trinajstić information content (AvgIpc) is 2.98. The van der Waals surface area contributed by atoms with Crippen molar-refractivity contribution in [3.8, 4) is 12.3 Å².